The molecule has 1 aromatic carbocycles. The van der Waals surface area contributed by atoms with Gasteiger partial charge in [0.2, 0.25) is 5.91 Å². The van der Waals surface area contributed by atoms with E-state index < -0.39 is 12.0 Å². The fourth-order valence-corrected chi connectivity index (χ4v) is 2.64. The first-order valence-corrected chi connectivity index (χ1v) is 7.24. The zero-order chi connectivity index (χ0) is 14.5. The molecule has 1 amide bonds. The monoisotopic (exact) mass is 277 g/mol. The van der Waals surface area contributed by atoms with Gasteiger partial charge in [0, 0.05) is 6.04 Å². The molecule has 20 heavy (non-hydrogen) atoms. The highest BCUT2D eigenvalue weighted by Crippen LogP contribution is 2.25. The number of hydrogen-bond donors (Lipinski definition) is 2. The number of nitrogens with one attached hydrogen (secondary N) is 1. The van der Waals surface area contributed by atoms with E-state index >= 15 is 0 Å². The summed E-state index contributed by atoms with van der Waals surface area (Å²) in [7, 11) is 1.60. The minimum absolute atomic E-state index is 0.0692. The molecular formula is C16H23NO3. The largest absolute Gasteiger partial charge is 0.497 e. The quantitative estimate of drug-likeness (QED) is 0.869. The van der Waals surface area contributed by atoms with Crippen LogP contribution in [-0.2, 0) is 4.79 Å². The first-order valence-electron chi connectivity index (χ1n) is 7.24. The van der Waals surface area contributed by atoms with E-state index in [1.54, 1.807) is 38.3 Å². The number of methoxy groups -OCH3 is 1. The number of hydrogen-bond acceptors (Lipinski definition) is 3. The van der Waals surface area contributed by atoms with Gasteiger partial charge in [-0.05, 0) is 30.5 Å². The normalized spacial score (nSPS) is 18.6. The highest BCUT2D eigenvalue weighted by Gasteiger charge is 2.26. The van der Waals surface area contributed by atoms with Gasteiger partial charge in [-0.25, -0.2) is 0 Å². The summed E-state index contributed by atoms with van der Waals surface area (Å²) in [5.74, 6) is 0.216. The third kappa shape index (κ3) is 3.51. The Morgan fingerprint density at radius 2 is 1.90 bits per heavy atom. The lowest BCUT2D eigenvalue weighted by Gasteiger charge is -2.21. The first kappa shape index (κ1) is 14.9. The van der Waals surface area contributed by atoms with Crippen molar-refractivity contribution >= 4 is 5.91 Å². The first-order chi connectivity index (χ1) is 9.61. The summed E-state index contributed by atoms with van der Waals surface area (Å²) < 4.78 is 5.08. The lowest BCUT2D eigenvalue weighted by molar-refractivity contribution is -0.128. The molecule has 1 fully saturated rings. The van der Waals surface area contributed by atoms with Gasteiger partial charge in [-0.3, -0.25) is 4.79 Å². The van der Waals surface area contributed by atoms with Crippen LogP contribution in [0.4, 0.5) is 0 Å². The average molecular weight is 277 g/mol. The number of ether oxygens (including phenoxy) is 1. The molecular weight excluding hydrogens is 254 g/mol. The number of benzene rings is 1. The summed E-state index contributed by atoms with van der Waals surface area (Å²) in [5.41, 5.74) is 0.736. The van der Waals surface area contributed by atoms with Crippen LogP contribution in [0, 0.1) is 5.92 Å². The SMILES string of the molecule is COc1ccc([C@H](O)[C@@H](C)C(=O)NC2CCCC2)cc1. The molecule has 1 aliphatic carbocycles. The maximum atomic E-state index is 12.1. The maximum absolute atomic E-state index is 12.1. The van der Waals surface area contributed by atoms with E-state index in [-0.39, 0.29) is 11.9 Å². The number of aliphatic hydroxyl groups is 1. The van der Waals surface area contributed by atoms with E-state index in [0.29, 0.717) is 0 Å². The second-order valence-corrected chi connectivity index (χ2v) is 5.50. The van der Waals surface area contributed by atoms with Crippen LogP contribution in [0.1, 0.15) is 44.3 Å². The molecule has 0 unspecified atom stereocenters. The van der Waals surface area contributed by atoms with Gasteiger partial charge in [0.1, 0.15) is 5.75 Å². The standard InChI is InChI=1S/C16H23NO3/c1-11(16(19)17-13-5-3-4-6-13)15(18)12-7-9-14(20-2)10-8-12/h7-11,13,15,18H,3-6H2,1-2H3,(H,17,19)/t11-,15-/m1/s1. The van der Waals surface area contributed by atoms with E-state index in [1.807, 2.05) is 0 Å². The number of carbonyl (C=O) groups excluding carboxylic acids is 1. The van der Waals surface area contributed by atoms with Crippen LogP contribution in [0.15, 0.2) is 24.3 Å². The summed E-state index contributed by atoms with van der Waals surface area (Å²) in [4.78, 5) is 12.1. The van der Waals surface area contributed by atoms with Gasteiger partial charge >= 0.3 is 0 Å². The van der Waals surface area contributed by atoms with Crippen molar-refractivity contribution in [3.8, 4) is 5.75 Å². The van der Waals surface area contributed by atoms with E-state index in [4.69, 9.17) is 4.74 Å². The number of carbonyl (C=O) groups is 1. The van der Waals surface area contributed by atoms with Crippen molar-refractivity contribution in [3.05, 3.63) is 29.8 Å². The van der Waals surface area contributed by atoms with Gasteiger partial charge in [-0.1, -0.05) is 31.9 Å². The molecule has 2 atom stereocenters. The Hall–Kier alpha value is -1.55. The molecule has 0 heterocycles. The van der Waals surface area contributed by atoms with Crippen LogP contribution < -0.4 is 10.1 Å². The summed E-state index contributed by atoms with van der Waals surface area (Å²) in [5, 5.41) is 13.3. The average Bonchev–Trinajstić information content (AvgIpc) is 2.98. The Kier molecular flexibility index (Phi) is 5.01. The van der Waals surface area contributed by atoms with Crippen LogP contribution in [-0.4, -0.2) is 24.2 Å². The number of amides is 1. The van der Waals surface area contributed by atoms with Crippen molar-refractivity contribution in [1.29, 1.82) is 0 Å². The second-order valence-electron chi connectivity index (χ2n) is 5.50. The van der Waals surface area contributed by atoms with E-state index in [9.17, 15) is 9.90 Å². The van der Waals surface area contributed by atoms with Crippen LogP contribution in [0.2, 0.25) is 0 Å². The molecule has 0 saturated heterocycles. The zero-order valence-electron chi connectivity index (χ0n) is 12.1. The summed E-state index contributed by atoms with van der Waals surface area (Å²) in [6.07, 6.45) is 3.68. The number of aliphatic hydroxyl groups excluding tert-OH is 1. The van der Waals surface area contributed by atoms with Crippen LogP contribution in [0.5, 0.6) is 5.75 Å². The van der Waals surface area contributed by atoms with Crippen LogP contribution in [0.3, 0.4) is 0 Å². The lowest BCUT2D eigenvalue weighted by Crippen LogP contribution is -2.38. The highest BCUT2D eigenvalue weighted by atomic mass is 16.5. The summed E-state index contributed by atoms with van der Waals surface area (Å²) >= 11 is 0. The summed E-state index contributed by atoms with van der Waals surface area (Å²) in [6, 6.07) is 7.46. The minimum Gasteiger partial charge on any atom is -0.497 e. The van der Waals surface area contributed by atoms with Gasteiger partial charge in [0.25, 0.3) is 0 Å². The second kappa shape index (κ2) is 6.75. The molecule has 1 saturated carbocycles. The molecule has 0 spiro atoms. The molecule has 1 aliphatic rings. The Bertz CT molecular complexity index is 438. The molecule has 4 nitrogen and oxygen atoms in total. The van der Waals surface area contributed by atoms with Gasteiger partial charge < -0.3 is 15.2 Å². The van der Waals surface area contributed by atoms with Gasteiger partial charge in [0.15, 0.2) is 0 Å². The van der Waals surface area contributed by atoms with E-state index in [1.165, 1.54) is 12.8 Å². The number of rotatable bonds is 5. The van der Waals surface area contributed by atoms with Crippen molar-refractivity contribution in [2.45, 2.75) is 44.8 Å². The lowest BCUT2D eigenvalue weighted by atomic mass is 9.96. The molecule has 4 heteroatoms. The third-order valence-corrected chi connectivity index (χ3v) is 4.05. The molecule has 1 aromatic rings. The van der Waals surface area contributed by atoms with E-state index in [2.05, 4.69) is 5.32 Å². The predicted octanol–water partition coefficient (Wildman–Crippen LogP) is 2.42. The summed E-state index contributed by atoms with van der Waals surface area (Å²) in [6.45, 7) is 1.76. The minimum atomic E-state index is -0.790. The Labute approximate surface area is 120 Å². The van der Waals surface area contributed by atoms with Gasteiger partial charge in [0.05, 0.1) is 19.1 Å². The molecule has 0 radical (unpaired) electrons. The molecule has 2 N–H and O–H groups in total. The predicted molar refractivity (Wildman–Crippen MR) is 77.5 cm³/mol. The third-order valence-electron chi connectivity index (χ3n) is 4.05. The molecule has 110 valence electrons. The van der Waals surface area contributed by atoms with Crippen molar-refractivity contribution < 1.29 is 14.6 Å². The fourth-order valence-electron chi connectivity index (χ4n) is 2.64. The molecule has 2 rings (SSSR count). The highest BCUT2D eigenvalue weighted by molar-refractivity contribution is 5.79. The van der Waals surface area contributed by atoms with Crippen LogP contribution in [0.25, 0.3) is 0 Å². The van der Waals surface area contributed by atoms with E-state index in [0.717, 1.165) is 24.2 Å². The Morgan fingerprint density at radius 3 is 2.45 bits per heavy atom. The topological polar surface area (TPSA) is 58.6 Å². The molecule has 0 bridgehead atoms. The molecule has 0 aliphatic heterocycles. The Morgan fingerprint density at radius 1 is 1.30 bits per heavy atom. The van der Waals surface area contributed by atoms with Crippen molar-refractivity contribution in [1.82, 2.24) is 5.32 Å². The fraction of sp³-hybridized carbons (Fsp3) is 0.562. The smallest absolute Gasteiger partial charge is 0.226 e. The van der Waals surface area contributed by atoms with Crippen molar-refractivity contribution in [2.24, 2.45) is 5.92 Å². The molecule has 0 aromatic heterocycles. The van der Waals surface area contributed by atoms with Gasteiger partial charge in [-0.15, -0.1) is 0 Å². The Balaban J connectivity index is 1.95. The van der Waals surface area contributed by atoms with Gasteiger partial charge in [-0.2, -0.15) is 0 Å². The zero-order valence-corrected chi connectivity index (χ0v) is 12.1. The van der Waals surface area contributed by atoms with Crippen LogP contribution >= 0.6 is 0 Å². The van der Waals surface area contributed by atoms with Crippen molar-refractivity contribution in [3.63, 3.8) is 0 Å². The van der Waals surface area contributed by atoms with Crippen molar-refractivity contribution in [2.75, 3.05) is 7.11 Å². The maximum Gasteiger partial charge on any atom is 0.226 e.